The van der Waals surface area contributed by atoms with Crippen LogP contribution in [0, 0.1) is 11.3 Å². The topological polar surface area (TPSA) is 66.4 Å². The Kier molecular flexibility index (Phi) is 4.38. The van der Waals surface area contributed by atoms with Gasteiger partial charge in [0.2, 0.25) is 0 Å². The number of fused-ring (bicyclic) bond motifs is 1. The first-order valence-electron chi connectivity index (χ1n) is 9.50. The molecule has 0 aromatic rings. The van der Waals surface area contributed by atoms with Gasteiger partial charge in [-0.05, 0) is 40.5 Å². The summed E-state index contributed by atoms with van der Waals surface area (Å²) in [6, 6.07) is 0. The van der Waals surface area contributed by atoms with Crippen molar-refractivity contribution in [2.24, 2.45) is 11.3 Å². The Balaban J connectivity index is 1.73. The molecule has 3 heterocycles. The number of aliphatic hydroxyl groups excluding tert-OH is 1. The van der Waals surface area contributed by atoms with Gasteiger partial charge in [-0.3, -0.25) is 0 Å². The monoisotopic (exact) mass is 366 g/mol. The molecule has 6 nitrogen and oxygen atoms in total. The van der Waals surface area contributed by atoms with Gasteiger partial charge in [-0.25, -0.2) is 0 Å². The summed E-state index contributed by atoms with van der Waals surface area (Å²) < 4.78 is 30.5. The molecule has 3 aliphatic heterocycles. The lowest BCUT2D eigenvalue weighted by Gasteiger charge is -2.45. The van der Waals surface area contributed by atoms with E-state index < -0.39 is 29.4 Å². The summed E-state index contributed by atoms with van der Waals surface area (Å²) >= 11 is 0. The van der Waals surface area contributed by atoms with Crippen molar-refractivity contribution < 1.29 is 28.8 Å². The molecule has 4 rings (SSSR count). The van der Waals surface area contributed by atoms with E-state index in [0.717, 1.165) is 12.8 Å². The average Bonchev–Trinajstić information content (AvgIpc) is 3.16. The standard InChI is InChI=1S/C20H30O6/c1-6-20(12-9-7-8-10-13(12)21)15(14-11-22-18(2,3)24-14)23-17-16(20)25-19(4,5)26-17/h6,8,10,12-17,21H,1,7,9,11H2,2-5H3/t12-,13+,14?,15-,16+,17-,20+/m1/s1. The molecule has 1 unspecified atom stereocenters. The van der Waals surface area contributed by atoms with Crippen LogP contribution in [0.3, 0.4) is 0 Å². The third-order valence-corrected chi connectivity index (χ3v) is 6.08. The van der Waals surface area contributed by atoms with E-state index in [1.807, 2.05) is 45.9 Å². The third-order valence-electron chi connectivity index (χ3n) is 6.08. The Bertz CT molecular complexity index is 599. The zero-order valence-electron chi connectivity index (χ0n) is 16.0. The second-order valence-corrected chi connectivity index (χ2v) is 8.66. The highest BCUT2D eigenvalue weighted by Crippen LogP contribution is 2.57. The van der Waals surface area contributed by atoms with Gasteiger partial charge in [0.1, 0.15) is 18.3 Å². The number of hydrogen-bond donors (Lipinski definition) is 1. The van der Waals surface area contributed by atoms with Crippen molar-refractivity contribution in [1.29, 1.82) is 0 Å². The summed E-state index contributed by atoms with van der Waals surface area (Å²) in [6.45, 7) is 12.1. The van der Waals surface area contributed by atoms with Crippen LogP contribution in [0.1, 0.15) is 40.5 Å². The zero-order chi connectivity index (χ0) is 18.7. The van der Waals surface area contributed by atoms with E-state index >= 15 is 0 Å². The van der Waals surface area contributed by atoms with E-state index in [9.17, 15) is 5.11 Å². The summed E-state index contributed by atoms with van der Waals surface area (Å²) in [5.74, 6) is -1.49. The van der Waals surface area contributed by atoms with Crippen molar-refractivity contribution in [3.8, 4) is 0 Å². The summed E-state index contributed by atoms with van der Waals surface area (Å²) in [4.78, 5) is 0. The molecule has 0 spiro atoms. The van der Waals surface area contributed by atoms with Gasteiger partial charge in [0.15, 0.2) is 17.9 Å². The first-order chi connectivity index (χ1) is 12.2. The van der Waals surface area contributed by atoms with Crippen LogP contribution in [-0.4, -0.2) is 54.0 Å². The van der Waals surface area contributed by atoms with E-state index in [1.54, 1.807) is 0 Å². The SMILES string of the molecule is C=C[C@]1([C@@H]2CCC=C[C@@H]2O)[C@@H](C2COC(C)(C)O2)O[C@@H]2OC(C)(C)O[C@@H]21. The predicted octanol–water partition coefficient (Wildman–Crippen LogP) is 2.51. The molecule has 1 aliphatic carbocycles. The Morgan fingerprint density at radius 3 is 2.46 bits per heavy atom. The van der Waals surface area contributed by atoms with Crippen LogP contribution in [0.4, 0.5) is 0 Å². The van der Waals surface area contributed by atoms with Crippen LogP contribution in [0.2, 0.25) is 0 Å². The molecule has 4 aliphatic rings. The van der Waals surface area contributed by atoms with Gasteiger partial charge in [0.25, 0.3) is 0 Å². The Labute approximate surface area is 155 Å². The lowest BCUT2D eigenvalue weighted by molar-refractivity contribution is -0.239. The van der Waals surface area contributed by atoms with Gasteiger partial charge in [0.05, 0.1) is 18.1 Å². The van der Waals surface area contributed by atoms with Crippen molar-refractivity contribution in [2.75, 3.05) is 6.61 Å². The fourth-order valence-corrected chi connectivity index (χ4v) is 5.03. The normalized spacial score (nSPS) is 49.3. The third kappa shape index (κ3) is 2.79. The highest BCUT2D eigenvalue weighted by Gasteiger charge is 2.68. The van der Waals surface area contributed by atoms with Crippen molar-refractivity contribution >= 4 is 0 Å². The Morgan fingerprint density at radius 2 is 1.85 bits per heavy atom. The van der Waals surface area contributed by atoms with Gasteiger partial charge >= 0.3 is 0 Å². The quantitative estimate of drug-likeness (QED) is 0.774. The molecule has 3 saturated heterocycles. The van der Waals surface area contributed by atoms with Gasteiger partial charge in [-0.1, -0.05) is 18.2 Å². The van der Waals surface area contributed by atoms with Crippen molar-refractivity contribution in [1.82, 2.24) is 0 Å². The highest BCUT2D eigenvalue weighted by atomic mass is 16.8. The fourth-order valence-electron chi connectivity index (χ4n) is 5.03. The summed E-state index contributed by atoms with van der Waals surface area (Å²) in [7, 11) is 0. The Morgan fingerprint density at radius 1 is 1.08 bits per heavy atom. The summed E-state index contributed by atoms with van der Waals surface area (Å²) in [5.41, 5.74) is -0.628. The molecule has 7 atom stereocenters. The minimum absolute atomic E-state index is 0.0881. The summed E-state index contributed by atoms with van der Waals surface area (Å²) in [6.07, 6.45) is 5.42. The van der Waals surface area contributed by atoms with Gasteiger partial charge in [0, 0.05) is 5.92 Å². The molecule has 0 bridgehead atoms. The second kappa shape index (κ2) is 6.12. The fraction of sp³-hybridized carbons (Fsp3) is 0.800. The van der Waals surface area contributed by atoms with E-state index in [-0.39, 0.29) is 24.2 Å². The molecular weight excluding hydrogens is 336 g/mol. The largest absolute Gasteiger partial charge is 0.389 e. The lowest BCUT2D eigenvalue weighted by atomic mass is 9.62. The van der Waals surface area contributed by atoms with Gasteiger partial charge in [-0.2, -0.15) is 0 Å². The molecule has 26 heavy (non-hydrogen) atoms. The molecule has 0 amide bonds. The molecule has 0 saturated carbocycles. The maximum absolute atomic E-state index is 10.8. The number of aliphatic hydroxyl groups is 1. The van der Waals surface area contributed by atoms with Gasteiger partial charge in [-0.15, -0.1) is 6.58 Å². The van der Waals surface area contributed by atoms with Crippen molar-refractivity contribution in [3.63, 3.8) is 0 Å². The van der Waals surface area contributed by atoms with Crippen LogP contribution in [0.15, 0.2) is 24.8 Å². The van der Waals surface area contributed by atoms with Crippen LogP contribution in [-0.2, 0) is 23.7 Å². The van der Waals surface area contributed by atoms with Crippen LogP contribution in [0.5, 0.6) is 0 Å². The second-order valence-electron chi connectivity index (χ2n) is 8.66. The van der Waals surface area contributed by atoms with Crippen molar-refractivity contribution in [2.45, 2.75) is 82.8 Å². The molecule has 146 valence electrons. The highest BCUT2D eigenvalue weighted by molar-refractivity contribution is 5.21. The van der Waals surface area contributed by atoms with Gasteiger partial charge < -0.3 is 28.8 Å². The van der Waals surface area contributed by atoms with E-state index in [1.165, 1.54) is 0 Å². The van der Waals surface area contributed by atoms with E-state index in [0.29, 0.717) is 6.61 Å². The minimum Gasteiger partial charge on any atom is -0.389 e. The number of hydrogen-bond acceptors (Lipinski definition) is 6. The Hall–Kier alpha value is -0.760. The summed E-state index contributed by atoms with van der Waals surface area (Å²) in [5, 5.41) is 10.8. The van der Waals surface area contributed by atoms with Crippen LogP contribution < -0.4 is 0 Å². The molecule has 1 N–H and O–H groups in total. The minimum atomic E-state index is -0.740. The molecular formula is C20H30O6. The van der Waals surface area contributed by atoms with Crippen LogP contribution in [0.25, 0.3) is 0 Å². The first kappa shape index (κ1) is 18.6. The molecule has 6 heteroatoms. The molecule has 0 radical (unpaired) electrons. The van der Waals surface area contributed by atoms with Crippen LogP contribution >= 0.6 is 0 Å². The first-order valence-corrected chi connectivity index (χ1v) is 9.50. The number of allylic oxidation sites excluding steroid dienone is 1. The lowest BCUT2D eigenvalue weighted by Crippen LogP contribution is -2.54. The van der Waals surface area contributed by atoms with Crippen molar-refractivity contribution in [3.05, 3.63) is 24.8 Å². The maximum Gasteiger partial charge on any atom is 0.188 e. The molecule has 0 aromatic carbocycles. The molecule has 0 aromatic heterocycles. The molecule has 3 fully saturated rings. The smallest absolute Gasteiger partial charge is 0.188 e. The average molecular weight is 366 g/mol. The maximum atomic E-state index is 10.8. The number of ether oxygens (including phenoxy) is 5. The van der Waals surface area contributed by atoms with E-state index in [2.05, 4.69) is 6.58 Å². The predicted molar refractivity (Wildman–Crippen MR) is 94.1 cm³/mol. The zero-order valence-corrected chi connectivity index (χ0v) is 16.0. The number of rotatable bonds is 3. The van der Waals surface area contributed by atoms with E-state index in [4.69, 9.17) is 23.7 Å².